The fraction of sp³-hybridized carbons (Fsp3) is 0.491. The standard InChI is InChI=1S/C53H70N8O10S2/c1-30(2)40-24-48(66)43(10-6-7-17-54)59-51(69)36(21-38-26-57-29-58-38)22-47(65)44(20-32-12-15-39(63)16-13-32)60-52(70)37(23-46(64)42(55)19-33-11-14-34-8-4-5-9-35(34)18-33)27-72-73-28-45(61-53(40)71)49(67)25-41(31(3)62)50(56)68/h4-5,8-9,11-16,18,26,29-31,36-37,40-45,62-63H,6-7,10,17,19-25,27-28,54-55H2,1-3H3,(H2,56,68)(H,57,58)(H,59,69)(H,60,70)(H,61,71)/t31?,36-,37-,40-,41-,42+,43-,44-,45-/m0/s1. The van der Waals surface area contributed by atoms with Gasteiger partial charge in [-0.15, -0.1) is 0 Å². The number of H-pyrrole nitrogens is 1. The number of carbonyl (C=O) groups excluding carboxylic acids is 8. The number of aliphatic hydroxyl groups excluding tert-OH is 1. The van der Waals surface area contributed by atoms with Crippen LogP contribution in [0.1, 0.15) is 82.5 Å². The highest BCUT2D eigenvalue weighted by Gasteiger charge is 2.37. The molecule has 4 aromatic rings. The predicted octanol–water partition coefficient (Wildman–Crippen LogP) is 3.43. The number of phenolic OH excluding ortho intramolecular Hbond substituents is 1. The van der Waals surface area contributed by atoms with Crippen LogP contribution in [0.25, 0.3) is 10.8 Å². The molecule has 1 aliphatic heterocycles. The Labute approximate surface area is 433 Å². The van der Waals surface area contributed by atoms with Crippen LogP contribution in [0.2, 0.25) is 0 Å². The number of Topliss-reactive ketones (excluding diaryl/α,β-unsaturated/α-hetero) is 4. The number of aromatic hydroxyl groups is 1. The molecule has 3 aromatic carbocycles. The number of aliphatic hydroxyl groups is 1. The highest BCUT2D eigenvalue weighted by molar-refractivity contribution is 8.76. The summed E-state index contributed by atoms with van der Waals surface area (Å²) < 4.78 is 0. The van der Waals surface area contributed by atoms with E-state index in [1.165, 1.54) is 31.6 Å². The van der Waals surface area contributed by atoms with Crippen LogP contribution in [0.5, 0.6) is 5.75 Å². The van der Waals surface area contributed by atoms with E-state index in [0.717, 1.165) is 37.9 Å². The molecule has 0 saturated carbocycles. The SMILES string of the molecule is CC(C)[C@@H]1CC(=O)[C@H](CCCCN)NC(=O)[C@@H](Cc2cnc[nH]2)CC(=O)[C@H](Cc2ccc(O)cc2)NC(=O)[C@@H](CC(=O)[C@H](N)Cc2ccc3ccccc3c2)CSSC[C@@H](C(=O)C[C@H](C(N)=O)C(C)O)NC1=O. The first-order valence-corrected chi connectivity index (χ1v) is 27.2. The normalized spacial score (nSPS) is 22.4. The number of amides is 4. The number of benzene rings is 3. The molecule has 1 saturated heterocycles. The molecule has 2 heterocycles. The van der Waals surface area contributed by atoms with Crippen LogP contribution in [0.3, 0.4) is 0 Å². The lowest BCUT2D eigenvalue weighted by molar-refractivity contribution is -0.136. The molecule has 20 heteroatoms. The van der Waals surface area contributed by atoms with E-state index in [4.69, 9.17) is 17.2 Å². The lowest BCUT2D eigenvalue weighted by atomic mass is 9.86. The maximum absolute atomic E-state index is 14.7. The molecule has 1 aliphatic rings. The zero-order chi connectivity index (χ0) is 53.2. The second-order valence-electron chi connectivity index (χ2n) is 19.4. The molecule has 12 N–H and O–H groups in total. The van der Waals surface area contributed by atoms with E-state index >= 15 is 0 Å². The second-order valence-corrected chi connectivity index (χ2v) is 21.9. The van der Waals surface area contributed by atoms with Crippen molar-refractivity contribution in [3.63, 3.8) is 0 Å². The Morgan fingerprint density at radius 3 is 2.10 bits per heavy atom. The van der Waals surface area contributed by atoms with Gasteiger partial charge < -0.3 is 48.3 Å². The topological polar surface area (TPSA) is 320 Å². The van der Waals surface area contributed by atoms with Gasteiger partial charge >= 0.3 is 0 Å². The van der Waals surface area contributed by atoms with Gasteiger partial charge in [-0.2, -0.15) is 0 Å². The van der Waals surface area contributed by atoms with E-state index < -0.39 is 113 Å². The van der Waals surface area contributed by atoms with Gasteiger partial charge in [0, 0.05) is 61.4 Å². The largest absolute Gasteiger partial charge is 0.508 e. The van der Waals surface area contributed by atoms with Crippen molar-refractivity contribution >= 4 is 79.1 Å². The van der Waals surface area contributed by atoms with E-state index in [9.17, 15) is 48.6 Å². The number of imidazole rings is 1. The molecule has 394 valence electrons. The van der Waals surface area contributed by atoms with E-state index in [1.54, 1.807) is 26.0 Å². The number of rotatable bonds is 19. The van der Waals surface area contributed by atoms with Crippen molar-refractivity contribution in [3.05, 3.63) is 96.1 Å². The highest BCUT2D eigenvalue weighted by atomic mass is 33.1. The molecule has 0 radical (unpaired) electrons. The minimum atomic E-state index is -1.28. The van der Waals surface area contributed by atoms with Gasteiger partial charge in [0.25, 0.3) is 0 Å². The van der Waals surface area contributed by atoms with Gasteiger partial charge in [0.1, 0.15) is 5.75 Å². The third-order valence-electron chi connectivity index (χ3n) is 13.3. The zero-order valence-electron chi connectivity index (χ0n) is 41.6. The molecular weight excluding hydrogens is 973 g/mol. The molecule has 0 bridgehead atoms. The van der Waals surface area contributed by atoms with Crippen LogP contribution in [0, 0.1) is 29.6 Å². The summed E-state index contributed by atoms with van der Waals surface area (Å²) >= 11 is 0. The van der Waals surface area contributed by atoms with Crippen LogP contribution in [-0.4, -0.2) is 115 Å². The number of aromatic amines is 1. The zero-order valence-corrected chi connectivity index (χ0v) is 43.3. The van der Waals surface area contributed by atoms with Gasteiger partial charge in [0.2, 0.25) is 23.6 Å². The summed E-state index contributed by atoms with van der Waals surface area (Å²) in [6, 6.07) is 15.0. The lowest BCUT2D eigenvalue weighted by Gasteiger charge is -2.28. The molecule has 9 atom stereocenters. The van der Waals surface area contributed by atoms with Crippen molar-refractivity contribution in [1.29, 1.82) is 0 Å². The number of phenols is 1. The number of primary amides is 1. The number of ketones is 4. The Kier molecular flexibility index (Phi) is 22.6. The highest BCUT2D eigenvalue weighted by Crippen LogP contribution is 2.29. The Bertz CT molecular complexity index is 2520. The van der Waals surface area contributed by atoms with Crippen molar-refractivity contribution < 1.29 is 48.6 Å². The van der Waals surface area contributed by atoms with Crippen molar-refractivity contribution in [2.75, 3.05) is 18.1 Å². The fourth-order valence-corrected chi connectivity index (χ4v) is 11.3. The number of aromatic nitrogens is 2. The monoisotopic (exact) mass is 1040 g/mol. The van der Waals surface area contributed by atoms with E-state index in [1.807, 2.05) is 42.5 Å². The van der Waals surface area contributed by atoms with Crippen LogP contribution in [0.4, 0.5) is 0 Å². The Hall–Kier alpha value is -5.93. The first kappa shape index (κ1) is 58.0. The first-order valence-electron chi connectivity index (χ1n) is 24.8. The molecule has 5 rings (SSSR count). The number of nitrogens with one attached hydrogen (secondary N) is 4. The molecule has 4 amide bonds. The lowest BCUT2D eigenvalue weighted by Crippen LogP contribution is -2.50. The second kappa shape index (κ2) is 28.5. The van der Waals surface area contributed by atoms with Crippen LogP contribution < -0.4 is 33.2 Å². The van der Waals surface area contributed by atoms with Crippen molar-refractivity contribution in [2.24, 2.45) is 46.8 Å². The van der Waals surface area contributed by atoms with Gasteiger partial charge in [-0.3, -0.25) is 38.4 Å². The summed E-state index contributed by atoms with van der Waals surface area (Å²) in [7, 11) is 2.25. The predicted molar refractivity (Wildman–Crippen MR) is 282 cm³/mol. The van der Waals surface area contributed by atoms with Crippen molar-refractivity contribution in [3.8, 4) is 5.75 Å². The molecular formula is C53H70N8O10S2. The minimum absolute atomic E-state index is 0.000637. The maximum atomic E-state index is 14.7. The molecule has 73 heavy (non-hydrogen) atoms. The molecule has 18 nitrogen and oxygen atoms in total. The molecule has 1 unspecified atom stereocenters. The first-order chi connectivity index (χ1) is 34.8. The van der Waals surface area contributed by atoms with Crippen LogP contribution >= 0.6 is 21.6 Å². The van der Waals surface area contributed by atoms with Gasteiger partial charge in [-0.1, -0.05) is 90.0 Å². The quantitative estimate of drug-likeness (QED) is 0.0480. The summed E-state index contributed by atoms with van der Waals surface area (Å²) in [6.07, 6.45) is 1.40. The Balaban J connectivity index is 1.54. The van der Waals surface area contributed by atoms with Crippen LogP contribution in [-0.2, 0) is 57.6 Å². The van der Waals surface area contributed by atoms with Gasteiger partial charge in [0.15, 0.2) is 23.1 Å². The number of carbonyl (C=O) groups is 8. The summed E-state index contributed by atoms with van der Waals surface area (Å²) in [5.74, 6) is -9.84. The number of nitrogens with zero attached hydrogens (tertiary/aromatic N) is 1. The number of nitrogens with two attached hydrogens (primary N) is 3. The van der Waals surface area contributed by atoms with E-state index in [0.29, 0.717) is 30.6 Å². The third kappa shape index (κ3) is 17.9. The Morgan fingerprint density at radius 1 is 0.781 bits per heavy atom. The molecule has 1 fully saturated rings. The van der Waals surface area contributed by atoms with E-state index in [-0.39, 0.29) is 62.2 Å². The molecule has 1 aromatic heterocycles. The minimum Gasteiger partial charge on any atom is -0.508 e. The summed E-state index contributed by atoms with van der Waals surface area (Å²) in [5.41, 5.74) is 19.9. The number of unbranched alkanes of at least 4 members (excludes halogenated alkanes) is 1. The number of fused-ring (bicyclic) bond motifs is 1. The van der Waals surface area contributed by atoms with Gasteiger partial charge in [0.05, 0.1) is 54.4 Å². The smallest absolute Gasteiger partial charge is 0.225 e. The summed E-state index contributed by atoms with van der Waals surface area (Å²) in [6.45, 7) is 5.14. The average Bonchev–Trinajstić information content (AvgIpc) is 3.87. The van der Waals surface area contributed by atoms with E-state index in [2.05, 4.69) is 25.9 Å². The number of hydrogen-bond donors (Lipinski definition) is 9. The average molecular weight is 1040 g/mol. The van der Waals surface area contributed by atoms with Crippen molar-refractivity contribution in [1.82, 2.24) is 25.9 Å². The van der Waals surface area contributed by atoms with Gasteiger partial charge in [-0.25, -0.2) is 4.98 Å². The fourth-order valence-electron chi connectivity index (χ4n) is 8.76. The molecule has 0 spiro atoms. The van der Waals surface area contributed by atoms with Crippen molar-refractivity contribution in [2.45, 2.75) is 115 Å². The maximum Gasteiger partial charge on any atom is 0.225 e. The number of hydrogen-bond acceptors (Lipinski definition) is 15. The van der Waals surface area contributed by atoms with Gasteiger partial charge in [-0.05, 0) is 85.5 Å². The Morgan fingerprint density at radius 2 is 1.44 bits per heavy atom. The van der Waals surface area contributed by atoms with Crippen LogP contribution in [0.15, 0.2) is 79.3 Å². The summed E-state index contributed by atoms with van der Waals surface area (Å²) in [4.78, 5) is 120. The summed E-state index contributed by atoms with van der Waals surface area (Å²) in [5, 5.41) is 31.0. The molecule has 0 aliphatic carbocycles. The third-order valence-corrected chi connectivity index (χ3v) is 15.8.